The monoisotopic (exact) mass is 606 g/mol. The molecule has 42 heavy (non-hydrogen) atoms. The van der Waals surface area contributed by atoms with Crippen molar-refractivity contribution in [2.75, 3.05) is 13.2 Å². The second-order valence-corrected chi connectivity index (χ2v) is 10.1. The van der Waals surface area contributed by atoms with Gasteiger partial charge in [0.2, 0.25) is 0 Å². The van der Waals surface area contributed by atoms with Crippen LogP contribution in [0.1, 0.15) is 61.8 Å². The first-order valence-corrected chi connectivity index (χ1v) is 13.2. The number of aryl methyl sites for hydroxylation is 2. The number of unbranched alkanes of at least 4 members (excludes halogenated alkanes) is 1. The fraction of sp³-hybridized carbons (Fsp3) is 0.500. The molecule has 1 atom stereocenters. The largest absolute Gasteiger partial charge is 0.504 e. The number of nitrogens with one attached hydrogen (secondary N) is 1. The van der Waals surface area contributed by atoms with Gasteiger partial charge in [0.1, 0.15) is 11.3 Å². The van der Waals surface area contributed by atoms with E-state index in [1.807, 2.05) is 0 Å². The fourth-order valence-electron chi connectivity index (χ4n) is 5.01. The van der Waals surface area contributed by atoms with Gasteiger partial charge < -0.3 is 25.4 Å². The number of phenolic OH excluding ortho intramolecular Hbond substituents is 2. The number of alkyl halides is 6. The Hall–Kier alpha value is -3.68. The van der Waals surface area contributed by atoms with Crippen LogP contribution >= 0.6 is 0 Å². The number of aliphatic hydroxyl groups is 1. The van der Waals surface area contributed by atoms with Gasteiger partial charge in [-0.25, -0.2) is 4.79 Å². The molecule has 0 radical (unpaired) electrons. The highest BCUT2D eigenvalue weighted by molar-refractivity contribution is 6.07. The van der Waals surface area contributed by atoms with Crippen molar-refractivity contribution in [2.45, 2.75) is 76.4 Å². The van der Waals surface area contributed by atoms with Gasteiger partial charge in [0, 0.05) is 12.1 Å². The molecule has 1 aliphatic rings. The first-order chi connectivity index (χ1) is 19.4. The van der Waals surface area contributed by atoms with Crippen molar-refractivity contribution in [3.8, 4) is 17.2 Å². The first kappa shape index (κ1) is 32.8. The van der Waals surface area contributed by atoms with Crippen LogP contribution in [-0.2, 0) is 22.4 Å². The molecule has 1 aliphatic heterocycles. The Kier molecular flexibility index (Phi) is 9.30. The molecule has 0 aromatic heterocycles. The lowest BCUT2D eigenvalue weighted by Crippen LogP contribution is -2.54. The van der Waals surface area contributed by atoms with Gasteiger partial charge in [-0.2, -0.15) is 26.3 Å². The Morgan fingerprint density at radius 1 is 0.952 bits per heavy atom. The molecular formula is C28H32F6N2O6. The van der Waals surface area contributed by atoms with E-state index in [1.54, 1.807) is 13.8 Å². The Balaban J connectivity index is 1.71. The second-order valence-electron chi connectivity index (χ2n) is 10.1. The second kappa shape index (κ2) is 11.9. The SMILES string of the molecule is CCCc1cc(C(O)(C(F)(F)F)C(F)(F)F)cc(C)c1OCCCCN1C(=O)NC(CC)(c2ccc(O)c(O)c2)C1=O. The molecule has 1 saturated heterocycles. The van der Waals surface area contributed by atoms with Gasteiger partial charge in [-0.05, 0) is 73.6 Å². The Morgan fingerprint density at radius 2 is 1.60 bits per heavy atom. The van der Waals surface area contributed by atoms with Crippen LogP contribution < -0.4 is 10.1 Å². The Bertz CT molecular complexity index is 1320. The predicted molar refractivity (Wildman–Crippen MR) is 138 cm³/mol. The Labute approximate surface area is 237 Å². The van der Waals surface area contributed by atoms with E-state index >= 15 is 0 Å². The first-order valence-electron chi connectivity index (χ1n) is 13.2. The van der Waals surface area contributed by atoms with Crippen LogP contribution in [0.25, 0.3) is 0 Å². The topological polar surface area (TPSA) is 119 Å². The number of carbonyl (C=O) groups is 2. The van der Waals surface area contributed by atoms with Gasteiger partial charge in [-0.3, -0.25) is 9.69 Å². The summed E-state index contributed by atoms with van der Waals surface area (Å²) >= 11 is 0. The van der Waals surface area contributed by atoms with Crippen molar-refractivity contribution in [1.82, 2.24) is 10.2 Å². The number of urea groups is 1. The summed E-state index contributed by atoms with van der Waals surface area (Å²) in [5.41, 5.74) is -7.52. The van der Waals surface area contributed by atoms with Gasteiger partial charge in [0.25, 0.3) is 11.5 Å². The third-order valence-corrected chi connectivity index (χ3v) is 7.31. The van der Waals surface area contributed by atoms with Crippen LogP contribution in [0.5, 0.6) is 17.2 Å². The maximum atomic E-state index is 13.4. The molecule has 1 heterocycles. The number of ether oxygens (including phenoxy) is 1. The van der Waals surface area contributed by atoms with E-state index in [-0.39, 0.29) is 67.0 Å². The van der Waals surface area contributed by atoms with E-state index in [2.05, 4.69) is 5.32 Å². The molecular weight excluding hydrogens is 574 g/mol. The third kappa shape index (κ3) is 5.81. The van der Waals surface area contributed by atoms with E-state index in [0.29, 0.717) is 18.6 Å². The summed E-state index contributed by atoms with van der Waals surface area (Å²) in [6.07, 6.45) is -10.9. The predicted octanol–water partition coefficient (Wildman–Crippen LogP) is 5.69. The number of aromatic hydroxyl groups is 2. The molecule has 1 fully saturated rings. The highest BCUT2D eigenvalue weighted by Crippen LogP contribution is 2.51. The van der Waals surface area contributed by atoms with E-state index in [0.717, 1.165) is 4.90 Å². The van der Waals surface area contributed by atoms with Gasteiger partial charge in [-0.15, -0.1) is 0 Å². The summed E-state index contributed by atoms with van der Waals surface area (Å²) in [5.74, 6) is -1.30. The van der Waals surface area contributed by atoms with E-state index in [1.165, 1.54) is 25.1 Å². The van der Waals surface area contributed by atoms with Crippen molar-refractivity contribution in [3.05, 3.63) is 52.6 Å². The molecule has 4 N–H and O–H groups in total. The normalized spacial score (nSPS) is 18.0. The van der Waals surface area contributed by atoms with Gasteiger partial charge in [0.05, 0.1) is 6.61 Å². The minimum Gasteiger partial charge on any atom is -0.504 e. The minimum atomic E-state index is -6.01. The zero-order chi connectivity index (χ0) is 31.7. The van der Waals surface area contributed by atoms with Crippen LogP contribution in [0.15, 0.2) is 30.3 Å². The van der Waals surface area contributed by atoms with Gasteiger partial charge in [-0.1, -0.05) is 26.3 Å². The number of rotatable bonds is 11. The molecule has 8 nitrogen and oxygen atoms in total. The summed E-state index contributed by atoms with van der Waals surface area (Å²) in [7, 11) is 0. The van der Waals surface area contributed by atoms with E-state index < -0.39 is 46.7 Å². The van der Waals surface area contributed by atoms with Crippen molar-refractivity contribution in [3.63, 3.8) is 0 Å². The number of hydrogen-bond acceptors (Lipinski definition) is 6. The summed E-state index contributed by atoms with van der Waals surface area (Å²) in [6, 6.07) is 4.42. The molecule has 0 bridgehead atoms. The average molecular weight is 607 g/mol. The number of nitrogens with zero attached hydrogens (tertiary/aromatic N) is 1. The average Bonchev–Trinajstić information content (AvgIpc) is 3.14. The highest BCUT2D eigenvalue weighted by Gasteiger charge is 2.71. The maximum absolute atomic E-state index is 13.4. The lowest BCUT2D eigenvalue weighted by molar-refractivity contribution is -0.376. The zero-order valence-corrected chi connectivity index (χ0v) is 23.1. The molecule has 0 aliphatic carbocycles. The minimum absolute atomic E-state index is 0.0101. The summed E-state index contributed by atoms with van der Waals surface area (Å²) in [4.78, 5) is 26.9. The number of carbonyl (C=O) groups excluding carboxylic acids is 2. The van der Waals surface area contributed by atoms with Crippen molar-refractivity contribution in [1.29, 1.82) is 0 Å². The van der Waals surface area contributed by atoms with Crippen LogP contribution in [0.2, 0.25) is 0 Å². The van der Waals surface area contributed by atoms with Crippen molar-refractivity contribution in [2.24, 2.45) is 0 Å². The number of halogens is 6. The number of benzene rings is 2. The summed E-state index contributed by atoms with van der Waals surface area (Å²) < 4.78 is 86.3. The highest BCUT2D eigenvalue weighted by atomic mass is 19.4. The summed E-state index contributed by atoms with van der Waals surface area (Å²) in [5, 5.41) is 31.9. The standard InChI is InChI=1S/C28H32F6N2O6/c1-4-8-17-14-19(26(41,27(29,30)31)28(32,33)34)13-16(3)22(17)42-12-7-6-11-36-23(39)25(5-2,35-24(36)40)18-9-10-20(37)21(38)15-18/h9-10,13-15,37-38,41H,4-8,11-12H2,1-3H3,(H,35,40). The number of phenols is 2. The van der Waals surface area contributed by atoms with Crippen molar-refractivity contribution < 1.29 is 56.0 Å². The smallest absolute Gasteiger partial charge is 0.430 e. The Morgan fingerprint density at radius 3 is 2.14 bits per heavy atom. The van der Waals surface area contributed by atoms with Crippen LogP contribution in [0.3, 0.4) is 0 Å². The summed E-state index contributed by atoms with van der Waals surface area (Å²) in [6.45, 7) is 4.60. The molecule has 14 heteroatoms. The molecule has 2 aromatic rings. The lowest BCUT2D eigenvalue weighted by Gasteiger charge is -2.33. The molecule has 232 valence electrons. The molecule has 1 unspecified atom stereocenters. The number of amides is 3. The van der Waals surface area contributed by atoms with E-state index in [9.17, 15) is 51.3 Å². The molecule has 3 amide bonds. The molecule has 3 rings (SSSR count). The third-order valence-electron chi connectivity index (χ3n) is 7.31. The molecule has 2 aromatic carbocycles. The van der Waals surface area contributed by atoms with Gasteiger partial charge >= 0.3 is 18.4 Å². The quantitative estimate of drug-likeness (QED) is 0.113. The van der Waals surface area contributed by atoms with Gasteiger partial charge in [0.15, 0.2) is 11.5 Å². The van der Waals surface area contributed by atoms with Crippen LogP contribution in [0.4, 0.5) is 31.1 Å². The van der Waals surface area contributed by atoms with Crippen molar-refractivity contribution >= 4 is 11.9 Å². The fourth-order valence-corrected chi connectivity index (χ4v) is 5.01. The van der Waals surface area contributed by atoms with Crippen LogP contribution in [-0.4, -0.2) is 57.7 Å². The molecule has 0 saturated carbocycles. The zero-order valence-electron chi connectivity index (χ0n) is 23.1. The number of hydrogen-bond donors (Lipinski definition) is 4. The lowest BCUT2D eigenvalue weighted by atomic mass is 9.87. The number of imide groups is 1. The maximum Gasteiger partial charge on any atom is 0.430 e. The van der Waals surface area contributed by atoms with Crippen LogP contribution in [0, 0.1) is 6.92 Å². The van der Waals surface area contributed by atoms with E-state index in [4.69, 9.17) is 4.74 Å². The molecule has 0 spiro atoms.